The number of hydroxylamine groups is 2. The van der Waals surface area contributed by atoms with Crippen LogP contribution in [0.4, 0.5) is 0 Å². The van der Waals surface area contributed by atoms with E-state index in [-0.39, 0.29) is 9.22 Å². The maximum Gasteiger partial charge on any atom is 0.238 e. The first kappa shape index (κ1) is 22.2. The minimum atomic E-state index is -3.80. The van der Waals surface area contributed by atoms with Crippen molar-refractivity contribution in [3.63, 3.8) is 0 Å². The third-order valence-corrected chi connectivity index (χ3v) is 6.51. The summed E-state index contributed by atoms with van der Waals surface area (Å²) in [5.74, 6) is 1.89. The van der Waals surface area contributed by atoms with Crippen LogP contribution in [-0.2, 0) is 15.8 Å². The van der Waals surface area contributed by atoms with Crippen LogP contribution in [0.3, 0.4) is 0 Å². The quantitative estimate of drug-likeness (QED) is 0.416. The first-order valence-corrected chi connectivity index (χ1v) is 11.5. The van der Waals surface area contributed by atoms with Crippen LogP contribution in [0.25, 0.3) is 22.6 Å². The summed E-state index contributed by atoms with van der Waals surface area (Å²) < 4.78 is 34.5. The highest BCUT2D eigenvalue weighted by atomic mass is 32.2. The van der Waals surface area contributed by atoms with Crippen LogP contribution in [0.15, 0.2) is 57.8 Å². The van der Waals surface area contributed by atoms with E-state index in [2.05, 4.69) is 4.98 Å². The van der Waals surface area contributed by atoms with Crippen LogP contribution in [0, 0.1) is 0 Å². The Labute approximate surface area is 183 Å². The van der Waals surface area contributed by atoms with Crippen molar-refractivity contribution >= 4 is 38.3 Å². The molecule has 0 fully saturated rings. The lowest BCUT2D eigenvalue weighted by molar-refractivity contribution is 0.0205. The topological polar surface area (TPSA) is 119 Å². The van der Waals surface area contributed by atoms with Crippen LogP contribution in [0.5, 0.6) is 5.75 Å². The van der Waals surface area contributed by atoms with Crippen LogP contribution in [0.2, 0.25) is 0 Å². The molecule has 30 heavy (non-hydrogen) atoms. The second kappa shape index (κ2) is 9.14. The number of ether oxygens (including phenoxy) is 1. The van der Waals surface area contributed by atoms with Gasteiger partial charge in [-0.15, -0.1) is 0 Å². The van der Waals surface area contributed by atoms with Crippen molar-refractivity contribution in [1.82, 2.24) is 10.0 Å². The van der Waals surface area contributed by atoms with Crippen molar-refractivity contribution in [2.75, 3.05) is 14.2 Å². The van der Waals surface area contributed by atoms with Gasteiger partial charge in [0.05, 0.1) is 17.8 Å². The summed E-state index contributed by atoms with van der Waals surface area (Å²) in [7, 11) is -0.779. The van der Waals surface area contributed by atoms with Gasteiger partial charge < -0.3 is 9.15 Å². The first-order chi connectivity index (χ1) is 14.2. The molecule has 0 amide bonds. The minimum absolute atomic E-state index is 0.00359. The Kier molecular flexibility index (Phi) is 6.78. The van der Waals surface area contributed by atoms with Gasteiger partial charge >= 0.3 is 0 Å². The van der Waals surface area contributed by atoms with Gasteiger partial charge in [0.1, 0.15) is 11.4 Å². The number of hydrogen-bond donors (Lipinski definition) is 2. The van der Waals surface area contributed by atoms with Crippen LogP contribution >= 0.6 is 24.0 Å². The standard InChI is InChI=1S/C19H19N3O5S3/c1-22(23)19(28)29-11-16-21-17(12-3-7-14(26-2)8-4-12)18(27-16)13-5-9-15(10-6-13)30(20,24)25/h3-10,23H,11H2,1-2H3,(H2,20,24,25). The molecule has 1 aromatic heterocycles. The Balaban J connectivity index is 2.01. The van der Waals surface area contributed by atoms with E-state index in [1.165, 1.54) is 30.9 Å². The molecule has 0 aliphatic heterocycles. The number of thiocarbonyl (C=S) groups is 1. The van der Waals surface area contributed by atoms with E-state index in [9.17, 15) is 13.6 Å². The number of sulfonamides is 1. The minimum Gasteiger partial charge on any atom is -0.497 e. The molecule has 8 nitrogen and oxygen atoms in total. The molecule has 0 atom stereocenters. The zero-order valence-electron chi connectivity index (χ0n) is 16.1. The van der Waals surface area contributed by atoms with Crippen molar-refractivity contribution in [2.24, 2.45) is 5.14 Å². The van der Waals surface area contributed by atoms with Crippen LogP contribution in [-0.4, -0.2) is 42.2 Å². The predicted molar refractivity (Wildman–Crippen MR) is 119 cm³/mol. The molecule has 0 radical (unpaired) electrons. The summed E-state index contributed by atoms with van der Waals surface area (Å²) in [4.78, 5) is 4.59. The number of nitrogens with zero attached hydrogens (tertiary/aromatic N) is 2. The van der Waals surface area contributed by atoms with Gasteiger partial charge in [0.2, 0.25) is 15.9 Å². The highest BCUT2D eigenvalue weighted by molar-refractivity contribution is 8.22. The second-order valence-electron chi connectivity index (χ2n) is 6.16. The summed E-state index contributed by atoms with van der Waals surface area (Å²) in [6, 6.07) is 13.4. The maximum absolute atomic E-state index is 11.5. The molecule has 0 bridgehead atoms. The van der Waals surface area contributed by atoms with E-state index in [1.807, 2.05) is 24.3 Å². The Bertz CT molecular complexity index is 1140. The van der Waals surface area contributed by atoms with Gasteiger partial charge in [-0.25, -0.2) is 23.6 Å². The molecule has 1 heterocycles. The normalized spacial score (nSPS) is 11.3. The van der Waals surface area contributed by atoms with Gasteiger partial charge in [-0.3, -0.25) is 5.21 Å². The van der Waals surface area contributed by atoms with Crippen molar-refractivity contribution in [3.05, 3.63) is 54.4 Å². The number of methoxy groups -OCH3 is 1. The van der Waals surface area contributed by atoms with Gasteiger partial charge in [-0.2, -0.15) is 0 Å². The lowest BCUT2D eigenvalue weighted by atomic mass is 10.1. The summed E-state index contributed by atoms with van der Waals surface area (Å²) in [6.07, 6.45) is 0. The Morgan fingerprint density at radius 2 is 1.80 bits per heavy atom. The highest BCUT2D eigenvalue weighted by Crippen LogP contribution is 2.35. The van der Waals surface area contributed by atoms with Gasteiger partial charge in [-0.05, 0) is 48.5 Å². The summed E-state index contributed by atoms with van der Waals surface area (Å²) >= 11 is 6.26. The number of primary sulfonamides is 1. The van der Waals surface area contributed by atoms with Crippen molar-refractivity contribution in [1.29, 1.82) is 0 Å². The van der Waals surface area contributed by atoms with E-state index in [0.29, 0.717) is 34.4 Å². The number of aromatic nitrogens is 1. The van der Waals surface area contributed by atoms with E-state index < -0.39 is 10.0 Å². The lowest BCUT2D eigenvalue weighted by Gasteiger charge is -2.08. The lowest BCUT2D eigenvalue weighted by Crippen LogP contribution is -2.17. The van der Waals surface area contributed by atoms with E-state index in [4.69, 9.17) is 26.5 Å². The molecular formula is C19H19N3O5S3. The molecular weight excluding hydrogens is 446 g/mol. The zero-order valence-corrected chi connectivity index (χ0v) is 18.6. The fraction of sp³-hybridized carbons (Fsp3) is 0.158. The molecule has 3 rings (SSSR count). The van der Waals surface area contributed by atoms with Crippen LogP contribution < -0.4 is 9.88 Å². The van der Waals surface area contributed by atoms with Crippen molar-refractivity contribution in [2.45, 2.75) is 10.6 Å². The molecule has 3 aromatic rings. The molecule has 0 saturated carbocycles. The Morgan fingerprint density at radius 3 is 2.33 bits per heavy atom. The SMILES string of the molecule is COc1ccc(-c2nc(CSC(=S)N(C)O)oc2-c2ccc(S(N)(=O)=O)cc2)cc1. The molecule has 0 spiro atoms. The molecule has 0 saturated heterocycles. The Morgan fingerprint density at radius 1 is 1.20 bits per heavy atom. The van der Waals surface area contributed by atoms with Gasteiger partial charge in [0.25, 0.3) is 0 Å². The van der Waals surface area contributed by atoms with Gasteiger partial charge in [-0.1, -0.05) is 24.0 Å². The number of benzene rings is 2. The second-order valence-corrected chi connectivity index (χ2v) is 9.33. The monoisotopic (exact) mass is 465 g/mol. The first-order valence-electron chi connectivity index (χ1n) is 8.56. The summed E-state index contributed by atoms with van der Waals surface area (Å²) in [5.41, 5.74) is 2.02. The van der Waals surface area contributed by atoms with E-state index in [1.54, 1.807) is 19.2 Å². The fourth-order valence-corrected chi connectivity index (χ4v) is 3.83. The molecule has 0 aliphatic carbocycles. The highest BCUT2D eigenvalue weighted by Gasteiger charge is 2.19. The number of rotatable bonds is 6. The van der Waals surface area contributed by atoms with Crippen molar-refractivity contribution in [3.8, 4) is 28.3 Å². The van der Waals surface area contributed by atoms with E-state index >= 15 is 0 Å². The van der Waals surface area contributed by atoms with Crippen LogP contribution in [0.1, 0.15) is 5.89 Å². The summed E-state index contributed by atoms with van der Waals surface area (Å²) in [6.45, 7) is 0. The molecule has 0 unspecified atom stereocenters. The Hall–Kier alpha value is -2.44. The summed E-state index contributed by atoms with van der Waals surface area (Å²) in [5, 5.41) is 15.4. The third-order valence-electron chi connectivity index (χ3n) is 4.06. The average molecular weight is 466 g/mol. The molecule has 158 valence electrons. The molecule has 11 heteroatoms. The fourth-order valence-electron chi connectivity index (χ4n) is 2.58. The zero-order chi connectivity index (χ0) is 21.9. The molecule has 3 N–H and O–H groups in total. The number of thioether (sulfide) groups is 1. The number of hydrogen-bond acceptors (Lipinski definition) is 8. The van der Waals surface area contributed by atoms with Crippen molar-refractivity contribution < 1.29 is 22.8 Å². The van der Waals surface area contributed by atoms with E-state index in [0.717, 1.165) is 10.6 Å². The largest absolute Gasteiger partial charge is 0.497 e. The smallest absolute Gasteiger partial charge is 0.238 e. The van der Waals surface area contributed by atoms with Gasteiger partial charge in [0.15, 0.2) is 10.1 Å². The molecule has 2 aromatic carbocycles. The third kappa shape index (κ3) is 5.18. The number of nitrogens with two attached hydrogens (primary N) is 1. The van der Waals surface area contributed by atoms with Gasteiger partial charge in [0, 0.05) is 18.2 Å². The molecule has 0 aliphatic rings. The maximum atomic E-state index is 11.5. The predicted octanol–water partition coefficient (Wildman–Crippen LogP) is 3.50. The average Bonchev–Trinajstić information content (AvgIpc) is 3.15. The number of oxazole rings is 1.